The van der Waals surface area contributed by atoms with E-state index < -0.39 is 6.61 Å². The highest BCUT2D eigenvalue weighted by molar-refractivity contribution is 6.32. The van der Waals surface area contributed by atoms with Crippen molar-refractivity contribution in [2.45, 2.75) is 6.61 Å². The highest BCUT2D eigenvalue weighted by Crippen LogP contribution is 2.29. The first-order valence-corrected chi connectivity index (χ1v) is 6.57. The fourth-order valence-electron chi connectivity index (χ4n) is 1.72. The Morgan fingerprint density at radius 3 is 2.41 bits per heavy atom. The molecule has 2 rings (SSSR count). The summed E-state index contributed by atoms with van der Waals surface area (Å²) in [7, 11) is 1.53. The van der Waals surface area contributed by atoms with E-state index in [0.717, 1.165) is 0 Å². The molecule has 0 bridgehead atoms. The summed E-state index contributed by atoms with van der Waals surface area (Å²) in [5.74, 6) is 0.119. The first-order chi connectivity index (χ1) is 10.5. The lowest BCUT2D eigenvalue weighted by atomic mass is 10.2. The summed E-state index contributed by atoms with van der Waals surface area (Å²) < 4.78 is 33.5. The fraction of sp³-hybridized carbons (Fsp3) is 0.133. The number of hydrogen-bond acceptors (Lipinski definition) is 3. The minimum absolute atomic E-state index is 0.0205. The van der Waals surface area contributed by atoms with E-state index >= 15 is 0 Å². The lowest BCUT2D eigenvalue weighted by Gasteiger charge is -2.10. The Balaban J connectivity index is 2.09. The van der Waals surface area contributed by atoms with Crippen molar-refractivity contribution in [1.29, 1.82) is 0 Å². The van der Waals surface area contributed by atoms with Crippen LogP contribution in [-0.2, 0) is 0 Å². The van der Waals surface area contributed by atoms with Gasteiger partial charge >= 0.3 is 6.61 Å². The maximum absolute atomic E-state index is 12.1. The summed E-state index contributed by atoms with van der Waals surface area (Å²) in [6, 6.07) is 10.5. The molecule has 0 aliphatic carbocycles. The number of alkyl halides is 2. The van der Waals surface area contributed by atoms with Gasteiger partial charge in [-0.2, -0.15) is 8.78 Å². The van der Waals surface area contributed by atoms with Crippen LogP contribution >= 0.6 is 11.6 Å². The lowest BCUT2D eigenvalue weighted by Crippen LogP contribution is -2.12. The molecular weight excluding hydrogens is 316 g/mol. The van der Waals surface area contributed by atoms with E-state index in [1.54, 1.807) is 24.3 Å². The molecule has 0 aromatic heterocycles. The number of carbonyl (C=O) groups is 1. The molecule has 2 aromatic carbocycles. The number of hydrogen-bond donors (Lipinski definition) is 1. The topological polar surface area (TPSA) is 47.6 Å². The third-order valence-electron chi connectivity index (χ3n) is 2.76. The quantitative estimate of drug-likeness (QED) is 0.895. The molecule has 4 nitrogen and oxygen atoms in total. The van der Waals surface area contributed by atoms with Crippen molar-refractivity contribution < 1.29 is 23.0 Å². The Morgan fingerprint density at radius 2 is 1.86 bits per heavy atom. The molecule has 0 saturated heterocycles. The van der Waals surface area contributed by atoms with Gasteiger partial charge in [-0.15, -0.1) is 0 Å². The number of rotatable bonds is 5. The van der Waals surface area contributed by atoms with Crippen molar-refractivity contribution in [3.63, 3.8) is 0 Å². The summed E-state index contributed by atoms with van der Waals surface area (Å²) in [5, 5.41) is 2.59. The van der Waals surface area contributed by atoms with E-state index in [2.05, 4.69) is 10.1 Å². The third kappa shape index (κ3) is 4.08. The Labute approximate surface area is 130 Å². The van der Waals surface area contributed by atoms with Crippen molar-refractivity contribution in [3.05, 3.63) is 53.1 Å². The maximum Gasteiger partial charge on any atom is 0.387 e. The molecule has 0 spiro atoms. The second-order valence-corrected chi connectivity index (χ2v) is 4.61. The SMILES string of the molecule is COc1ccc(C(=O)Nc2ccc(OC(F)F)c(Cl)c2)cc1. The van der Waals surface area contributed by atoms with Crippen LogP contribution in [0.4, 0.5) is 14.5 Å². The smallest absolute Gasteiger partial charge is 0.387 e. The normalized spacial score (nSPS) is 10.4. The summed E-state index contributed by atoms with van der Waals surface area (Å²) in [4.78, 5) is 12.0. The molecule has 0 aliphatic rings. The van der Waals surface area contributed by atoms with Crippen LogP contribution in [0.2, 0.25) is 5.02 Å². The predicted molar refractivity (Wildman–Crippen MR) is 79.0 cm³/mol. The first kappa shape index (κ1) is 16.0. The van der Waals surface area contributed by atoms with Gasteiger partial charge in [0.25, 0.3) is 5.91 Å². The van der Waals surface area contributed by atoms with Gasteiger partial charge < -0.3 is 14.8 Å². The summed E-state index contributed by atoms with van der Waals surface area (Å²) in [6.45, 7) is -2.96. The number of benzene rings is 2. The molecule has 116 valence electrons. The summed E-state index contributed by atoms with van der Waals surface area (Å²) in [5.41, 5.74) is 0.789. The van der Waals surface area contributed by atoms with Crippen LogP contribution in [0.25, 0.3) is 0 Å². The van der Waals surface area contributed by atoms with Gasteiger partial charge in [0.2, 0.25) is 0 Å². The lowest BCUT2D eigenvalue weighted by molar-refractivity contribution is -0.0497. The van der Waals surface area contributed by atoms with Crippen LogP contribution in [0.15, 0.2) is 42.5 Å². The largest absolute Gasteiger partial charge is 0.497 e. The Bertz CT molecular complexity index is 662. The molecule has 0 atom stereocenters. The van der Waals surface area contributed by atoms with Crippen LogP contribution in [0.3, 0.4) is 0 Å². The Kier molecular flexibility index (Phi) is 5.16. The highest BCUT2D eigenvalue weighted by Gasteiger charge is 2.11. The van der Waals surface area contributed by atoms with Crippen molar-refractivity contribution in [1.82, 2.24) is 0 Å². The van der Waals surface area contributed by atoms with Crippen molar-refractivity contribution >= 4 is 23.2 Å². The zero-order valence-electron chi connectivity index (χ0n) is 11.5. The molecular formula is C15H12ClF2NO3. The minimum atomic E-state index is -2.96. The van der Waals surface area contributed by atoms with Crippen LogP contribution in [0, 0.1) is 0 Å². The standard InChI is InChI=1S/C15H12ClF2NO3/c1-21-11-5-2-9(3-6-11)14(20)19-10-4-7-13(12(16)8-10)22-15(17)18/h2-8,15H,1H3,(H,19,20). The molecule has 1 N–H and O–H groups in total. The number of carbonyl (C=O) groups excluding carboxylic acids is 1. The van der Waals surface area contributed by atoms with Gasteiger partial charge in [-0.05, 0) is 42.5 Å². The van der Waals surface area contributed by atoms with E-state index in [0.29, 0.717) is 17.0 Å². The molecule has 0 fully saturated rings. The van der Waals surface area contributed by atoms with E-state index in [1.807, 2.05) is 0 Å². The van der Waals surface area contributed by atoms with Crippen molar-refractivity contribution in [2.75, 3.05) is 12.4 Å². The van der Waals surface area contributed by atoms with E-state index in [-0.39, 0.29) is 16.7 Å². The first-order valence-electron chi connectivity index (χ1n) is 6.19. The average molecular weight is 328 g/mol. The van der Waals surface area contributed by atoms with E-state index in [4.69, 9.17) is 16.3 Å². The number of ether oxygens (including phenoxy) is 2. The van der Waals surface area contributed by atoms with Gasteiger partial charge in [0.05, 0.1) is 12.1 Å². The van der Waals surface area contributed by atoms with Crippen LogP contribution < -0.4 is 14.8 Å². The maximum atomic E-state index is 12.1. The molecule has 2 aromatic rings. The fourth-order valence-corrected chi connectivity index (χ4v) is 1.94. The zero-order valence-corrected chi connectivity index (χ0v) is 12.2. The minimum Gasteiger partial charge on any atom is -0.497 e. The zero-order chi connectivity index (χ0) is 16.1. The molecule has 0 radical (unpaired) electrons. The molecule has 0 saturated carbocycles. The number of amides is 1. The predicted octanol–water partition coefficient (Wildman–Crippen LogP) is 4.20. The van der Waals surface area contributed by atoms with Crippen LogP contribution in [0.5, 0.6) is 11.5 Å². The van der Waals surface area contributed by atoms with Gasteiger partial charge in [-0.1, -0.05) is 11.6 Å². The molecule has 7 heteroatoms. The van der Waals surface area contributed by atoms with E-state index in [1.165, 1.54) is 25.3 Å². The molecule has 0 unspecified atom stereocenters. The van der Waals surface area contributed by atoms with E-state index in [9.17, 15) is 13.6 Å². The number of methoxy groups -OCH3 is 1. The van der Waals surface area contributed by atoms with Gasteiger partial charge in [-0.25, -0.2) is 0 Å². The number of anilines is 1. The summed E-state index contributed by atoms with van der Waals surface area (Å²) in [6.07, 6.45) is 0. The highest BCUT2D eigenvalue weighted by atomic mass is 35.5. The van der Waals surface area contributed by atoms with Gasteiger partial charge in [0.15, 0.2) is 0 Å². The second kappa shape index (κ2) is 7.09. The molecule has 1 amide bonds. The molecule has 0 aliphatic heterocycles. The van der Waals surface area contributed by atoms with Crippen LogP contribution in [0.1, 0.15) is 10.4 Å². The number of nitrogens with one attached hydrogen (secondary N) is 1. The Hall–Kier alpha value is -2.34. The summed E-state index contributed by atoms with van der Waals surface area (Å²) >= 11 is 5.82. The van der Waals surface area contributed by atoms with Gasteiger partial charge in [-0.3, -0.25) is 4.79 Å². The third-order valence-corrected chi connectivity index (χ3v) is 3.05. The molecule has 0 heterocycles. The second-order valence-electron chi connectivity index (χ2n) is 4.21. The molecule has 22 heavy (non-hydrogen) atoms. The average Bonchev–Trinajstić information content (AvgIpc) is 2.49. The van der Waals surface area contributed by atoms with Crippen molar-refractivity contribution in [3.8, 4) is 11.5 Å². The van der Waals surface area contributed by atoms with Crippen LogP contribution in [-0.4, -0.2) is 19.6 Å². The Morgan fingerprint density at radius 1 is 1.18 bits per heavy atom. The van der Waals surface area contributed by atoms with Gasteiger partial charge in [0.1, 0.15) is 11.5 Å². The van der Waals surface area contributed by atoms with Gasteiger partial charge in [0, 0.05) is 11.3 Å². The monoisotopic (exact) mass is 327 g/mol. The van der Waals surface area contributed by atoms with Crippen molar-refractivity contribution in [2.24, 2.45) is 0 Å². The number of halogens is 3.